The van der Waals surface area contributed by atoms with E-state index >= 15 is 0 Å². The van der Waals surface area contributed by atoms with Gasteiger partial charge in [0.1, 0.15) is 11.4 Å². The van der Waals surface area contributed by atoms with Gasteiger partial charge in [-0.25, -0.2) is 29.9 Å². The number of aromatic nitrogens is 8. The molecule has 12 rings (SSSR count). The van der Waals surface area contributed by atoms with Crippen molar-refractivity contribution >= 4 is 53.9 Å². The number of fused-ring (bicyclic) bond motifs is 2. The van der Waals surface area contributed by atoms with Gasteiger partial charge in [-0.05, 0) is 90.3 Å². The summed E-state index contributed by atoms with van der Waals surface area (Å²) in [5.74, 6) is 3.35. The molecular formula is C52H30N8. The number of pyridine rings is 2. The van der Waals surface area contributed by atoms with Crippen LogP contribution in [0.15, 0.2) is 182 Å². The van der Waals surface area contributed by atoms with Gasteiger partial charge in [0.15, 0.2) is 34.9 Å². The van der Waals surface area contributed by atoms with Crippen molar-refractivity contribution in [2.24, 2.45) is 0 Å². The number of nitrogens with zero attached hydrogens (tertiary/aromatic N) is 8. The van der Waals surface area contributed by atoms with Crippen LogP contribution >= 0.6 is 0 Å². The van der Waals surface area contributed by atoms with E-state index in [1.807, 2.05) is 36.4 Å². The Morgan fingerprint density at radius 2 is 0.600 bits per heavy atom. The van der Waals surface area contributed by atoms with Crippen molar-refractivity contribution in [3.8, 4) is 68.6 Å². The molecule has 0 amide bonds. The fourth-order valence-electron chi connectivity index (χ4n) is 8.48. The minimum atomic E-state index is 0.480. The average Bonchev–Trinajstić information content (AvgIpc) is 3.33. The molecular weight excluding hydrogens is 737 g/mol. The predicted molar refractivity (Wildman–Crippen MR) is 240 cm³/mol. The van der Waals surface area contributed by atoms with E-state index in [0.29, 0.717) is 46.3 Å². The second kappa shape index (κ2) is 13.6. The summed E-state index contributed by atoms with van der Waals surface area (Å²) in [5, 5.41) is 10.9. The second-order valence-corrected chi connectivity index (χ2v) is 14.7. The van der Waals surface area contributed by atoms with Gasteiger partial charge in [0.05, 0.1) is 0 Å². The lowest BCUT2D eigenvalue weighted by Gasteiger charge is -2.17. The summed E-state index contributed by atoms with van der Waals surface area (Å²) in [5.41, 5.74) is 5.02. The van der Waals surface area contributed by atoms with Crippen molar-refractivity contribution in [1.82, 2.24) is 39.9 Å². The molecule has 60 heavy (non-hydrogen) atoms. The van der Waals surface area contributed by atoms with Crippen LogP contribution in [0.4, 0.5) is 0 Å². The Morgan fingerprint density at radius 3 is 1.05 bits per heavy atom. The van der Waals surface area contributed by atoms with Crippen LogP contribution in [0.25, 0.3) is 122 Å². The molecule has 0 aliphatic carbocycles. The Kier molecular flexibility index (Phi) is 7.67. The van der Waals surface area contributed by atoms with Gasteiger partial charge in [0.2, 0.25) is 0 Å². The maximum absolute atomic E-state index is 5.29. The highest BCUT2D eigenvalue weighted by Crippen LogP contribution is 2.42. The molecule has 8 heteroatoms. The smallest absolute Gasteiger partial charge is 0.182 e. The molecule has 0 unspecified atom stereocenters. The first-order valence-electron chi connectivity index (χ1n) is 19.8. The molecule has 8 nitrogen and oxygen atoms in total. The molecule has 4 aromatic heterocycles. The van der Waals surface area contributed by atoms with Gasteiger partial charge in [-0.15, -0.1) is 0 Å². The van der Waals surface area contributed by atoms with Gasteiger partial charge in [0, 0.05) is 34.6 Å². The van der Waals surface area contributed by atoms with E-state index in [0.717, 1.165) is 76.1 Å². The average molecular weight is 767 g/mol. The molecule has 0 aliphatic heterocycles. The van der Waals surface area contributed by atoms with E-state index < -0.39 is 0 Å². The van der Waals surface area contributed by atoms with E-state index in [9.17, 15) is 0 Å². The maximum atomic E-state index is 5.29. The second-order valence-electron chi connectivity index (χ2n) is 14.7. The number of rotatable bonds is 6. The van der Waals surface area contributed by atoms with Crippen LogP contribution < -0.4 is 0 Å². The summed E-state index contributed by atoms with van der Waals surface area (Å²) in [7, 11) is 0. The lowest BCUT2D eigenvalue weighted by molar-refractivity contribution is 1.05. The van der Waals surface area contributed by atoms with Crippen molar-refractivity contribution in [3.05, 3.63) is 182 Å². The minimum Gasteiger partial charge on any atom is -0.253 e. The van der Waals surface area contributed by atoms with Crippen LogP contribution in [0, 0.1) is 0 Å². The van der Waals surface area contributed by atoms with Crippen LogP contribution in [0.5, 0.6) is 0 Å². The maximum Gasteiger partial charge on any atom is 0.182 e. The van der Waals surface area contributed by atoms with Gasteiger partial charge >= 0.3 is 0 Å². The van der Waals surface area contributed by atoms with Crippen molar-refractivity contribution in [1.29, 1.82) is 0 Å². The first-order chi connectivity index (χ1) is 29.7. The summed E-state index contributed by atoms with van der Waals surface area (Å²) in [4.78, 5) is 39.8. The standard InChI is InChI=1S/C52H30N8/c1-3-15-35-31(11-1)13-9-17-39(35)47-55-48(40-18-10-14-32-12-2-4-16-36(32)40)57-49(56-47)41-27-23-33-22-26-38-42(28-24-34-21-25-37(41)45(33)46(34)38)50-58-51(43-19-5-7-29-53-43)60-52(59-50)44-20-6-8-30-54-44/h1-30H. The number of hydrogen-bond acceptors (Lipinski definition) is 8. The van der Waals surface area contributed by atoms with Crippen LogP contribution in [-0.4, -0.2) is 39.9 Å². The Balaban J connectivity index is 1.10. The molecule has 12 aromatic rings. The van der Waals surface area contributed by atoms with Crippen LogP contribution in [0.3, 0.4) is 0 Å². The zero-order valence-corrected chi connectivity index (χ0v) is 31.9. The topological polar surface area (TPSA) is 103 Å². The van der Waals surface area contributed by atoms with Gasteiger partial charge < -0.3 is 0 Å². The molecule has 4 heterocycles. The largest absolute Gasteiger partial charge is 0.253 e. The SMILES string of the molecule is c1ccc(-c2nc(-c3ccccn3)nc(-c3ccc4ccc5c(-c6nc(-c7cccc8ccccc78)nc(-c7cccc8ccccc78)n6)ccc6ccc3c4c65)n2)nc1. The van der Waals surface area contributed by atoms with Gasteiger partial charge in [-0.3, -0.25) is 9.97 Å². The monoisotopic (exact) mass is 766 g/mol. The number of hydrogen-bond donors (Lipinski definition) is 0. The zero-order valence-electron chi connectivity index (χ0n) is 31.9. The molecule has 0 bridgehead atoms. The Hall–Kier alpha value is -8.36. The summed E-state index contributed by atoms with van der Waals surface area (Å²) < 4.78 is 0. The molecule has 0 saturated heterocycles. The van der Waals surface area contributed by atoms with E-state index in [-0.39, 0.29) is 0 Å². The number of benzene rings is 8. The molecule has 0 atom stereocenters. The lowest BCUT2D eigenvalue weighted by Crippen LogP contribution is -2.02. The van der Waals surface area contributed by atoms with Crippen molar-refractivity contribution in [2.75, 3.05) is 0 Å². The van der Waals surface area contributed by atoms with Gasteiger partial charge in [-0.1, -0.05) is 133 Å². The minimum absolute atomic E-state index is 0.480. The Bertz CT molecular complexity index is 3440. The summed E-state index contributed by atoms with van der Waals surface area (Å²) in [6.45, 7) is 0. The molecule has 0 N–H and O–H groups in total. The molecule has 0 fully saturated rings. The van der Waals surface area contributed by atoms with Crippen molar-refractivity contribution < 1.29 is 0 Å². The molecule has 8 aromatic carbocycles. The molecule has 0 radical (unpaired) electrons. The van der Waals surface area contributed by atoms with Crippen molar-refractivity contribution in [3.63, 3.8) is 0 Å². The van der Waals surface area contributed by atoms with E-state index in [2.05, 4.69) is 143 Å². The highest BCUT2D eigenvalue weighted by Gasteiger charge is 2.21. The third-order valence-electron chi connectivity index (χ3n) is 11.3. The Morgan fingerprint density at radius 1 is 0.233 bits per heavy atom. The molecule has 278 valence electrons. The van der Waals surface area contributed by atoms with Crippen LogP contribution in [-0.2, 0) is 0 Å². The van der Waals surface area contributed by atoms with Crippen LogP contribution in [0.1, 0.15) is 0 Å². The first-order valence-corrected chi connectivity index (χ1v) is 19.8. The lowest BCUT2D eigenvalue weighted by atomic mass is 9.89. The summed E-state index contributed by atoms with van der Waals surface area (Å²) >= 11 is 0. The van der Waals surface area contributed by atoms with Gasteiger partial charge in [0.25, 0.3) is 0 Å². The van der Waals surface area contributed by atoms with Crippen molar-refractivity contribution in [2.45, 2.75) is 0 Å². The quantitative estimate of drug-likeness (QED) is 0.154. The van der Waals surface area contributed by atoms with E-state index in [1.54, 1.807) is 12.4 Å². The van der Waals surface area contributed by atoms with E-state index in [4.69, 9.17) is 29.9 Å². The van der Waals surface area contributed by atoms with Crippen LogP contribution in [0.2, 0.25) is 0 Å². The zero-order chi connectivity index (χ0) is 39.6. The highest BCUT2D eigenvalue weighted by molar-refractivity contribution is 6.27. The van der Waals surface area contributed by atoms with E-state index in [1.165, 1.54) is 0 Å². The molecule has 0 spiro atoms. The normalized spacial score (nSPS) is 11.7. The third-order valence-corrected chi connectivity index (χ3v) is 11.3. The third kappa shape index (κ3) is 5.54. The summed E-state index contributed by atoms with van der Waals surface area (Å²) in [6.07, 6.45) is 3.49. The molecule has 0 saturated carbocycles. The molecule has 0 aliphatic rings. The summed E-state index contributed by atoms with van der Waals surface area (Å²) in [6, 6.07) is 58.0. The Labute approximate surface area is 343 Å². The fraction of sp³-hybridized carbons (Fsp3) is 0. The van der Waals surface area contributed by atoms with Gasteiger partial charge in [-0.2, -0.15) is 0 Å². The highest BCUT2D eigenvalue weighted by atomic mass is 15.1. The predicted octanol–water partition coefficient (Wildman–Crippen LogP) is 12.1. The first kappa shape index (κ1) is 33.7. The fourth-order valence-corrected chi connectivity index (χ4v) is 8.48.